The minimum Gasteiger partial charge on any atom is -0.348 e. The monoisotopic (exact) mass is 446 g/mol. The molecule has 0 unspecified atom stereocenters. The lowest BCUT2D eigenvalue weighted by Gasteiger charge is -2.31. The molecule has 4 heterocycles. The third kappa shape index (κ3) is 3.64. The van der Waals surface area contributed by atoms with Crippen molar-refractivity contribution < 1.29 is 4.39 Å². The van der Waals surface area contributed by atoms with Gasteiger partial charge in [-0.3, -0.25) is 0 Å². The number of hydrogen-bond acceptors (Lipinski definition) is 6. The van der Waals surface area contributed by atoms with Crippen LogP contribution in [0.2, 0.25) is 0 Å². The topological polar surface area (TPSA) is 58.4 Å². The fraction of sp³-hybridized carbons (Fsp3) is 0.381. The van der Waals surface area contributed by atoms with Crippen LogP contribution in [0.5, 0.6) is 0 Å². The molecule has 1 saturated heterocycles. The molecule has 1 aromatic carbocycles. The van der Waals surface area contributed by atoms with Crippen LogP contribution in [-0.2, 0) is 0 Å². The molecular weight excluding hydrogens is 423 g/mol. The van der Waals surface area contributed by atoms with E-state index in [1.165, 1.54) is 6.07 Å². The number of benzene rings is 1. The van der Waals surface area contributed by atoms with E-state index in [1.807, 2.05) is 32.2 Å². The van der Waals surface area contributed by atoms with E-state index in [0.717, 1.165) is 63.9 Å². The van der Waals surface area contributed by atoms with Crippen LogP contribution in [0.3, 0.4) is 0 Å². The number of thiazole rings is 1. The Morgan fingerprint density at radius 3 is 2.70 bits per heavy atom. The van der Waals surface area contributed by atoms with Crippen LogP contribution in [0, 0.1) is 19.7 Å². The summed E-state index contributed by atoms with van der Waals surface area (Å²) in [5, 5.41) is 8.90. The lowest BCUT2D eigenvalue weighted by molar-refractivity contribution is 0.443. The van der Waals surface area contributed by atoms with E-state index in [2.05, 4.69) is 32.3 Å². The SMILES string of the molecule is Cc1cn2nc(-c3cc(F)c4nc(N(C)C5CCNCC5)sc4c3)cc(C)c2n1.Cl. The molecule has 4 aromatic rings. The first-order valence-corrected chi connectivity index (χ1v) is 10.7. The van der Waals surface area contributed by atoms with E-state index in [0.29, 0.717) is 11.6 Å². The molecule has 1 N–H and O–H groups in total. The Bertz CT molecular complexity index is 1210. The van der Waals surface area contributed by atoms with Crippen molar-refractivity contribution in [2.24, 2.45) is 0 Å². The van der Waals surface area contributed by atoms with Crippen LogP contribution in [-0.4, -0.2) is 45.8 Å². The summed E-state index contributed by atoms with van der Waals surface area (Å²) in [5.74, 6) is -0.305. The maximum Gasteiger partial charge on any atom is 0.186 e. The second kappa shape index (κ2) is 8.09. The quantitative estimate of drug-likeness (QED) is 0.506. The summed E-state index contributed by atoms with van der Waals surface area (Å²) >= 11 is 1.54. The lowest BCUT2D eigenvalue weighted by Crippen LogP contribution is -2.41. The van der Waals surface area contributed by atoms with Gasteiger partial charge in [0.2, 0.25) is 0 Å². The number of anilines is 1. The van der Waals surface area contributed by atoms with Crippen molar-refractivity contribution in [1.29, 1.82) is 0 Å². The maximum atomic E-state index is 14.9. The van der Waals surface area contributed by atoms with Crippen molar-refractivity contribution in [2.75, 3.05) is 25.0 Å². The van der Waals surface area contributed by atoms with Crippen molar-refractivity contribution in [3.8, 4) is 11.3 Å². The van der Waals surface area contributed by atoms with Gasteiger partial charge in [0.15, 0.2) is 16.6 Å². The summed E-state index contributed by atoms with van der Waals surface area (Å²) in [4.78, 5) is 11.3. The van der Waals surface area contributed by atoms with Gasteiger partial charge in [0, 0.05) is 18.7 Å². The zero-order chi connectivity index (χ0) is 20.1. The van der Waals surface area contributed by atoms with Crippen LogP contribution in [0.4, 0.5) is 9.52 Å². The van der Waals surface area contributed by atoms with Crippen LogP contribution in [0.15, 0.2) is 24.4 Å². The number of nitrogens with one attached hydrogen (secondary N) is 1. The van der Waals surface area contributed by atoms with Crippen LogP contribution >= 0.6 is 23.7 Å². The third-order valence-electron chi connectivity index (χ3n) is 5.62. The van der Waals surface area contributed by atoms with Crippen molar-refractivity contribution in [2.45, 2.75) is 32.7 Å². The van der Waals surface area contributed by atoms with Gasteiger partial charge in [-0.15, -0.1) is 12.4 Å². The van der Waals surface area contributed by atoms with E-state index in [1.54, 1.807) is 15.9 Å². The first-order chi connectivity index (χ1) is 14.0. The van der Waals surface area contributed by atoms with Crippen LogP contribution in [0.25, 0.3) is 27.1 Å². The largest absolute Gasteiger partial charge is 0.348 e. The molecule has 0 aliphatic carbocycles. The second-order valence-corrected chi connectivity index (χ2v) is 8.77. The number of rotatable bonds is 3. The molecule has 0 amide bonds. The summed E-state index contributed by atoms with van der Waals surface area (Å²) in [7, 11) is 2.06. The van der Waals surface area contributed by atoms with Gasteiger partial charge in [0.25, 0.3) is 0 Å². The second-order valence-electron chi connectivity index (χ2n) is 7.76. The normalized spacial score (nSPS) is 14.9. The highest BCUT2D eigenvalue weighted by atomic mass is 35.5. The molecule has 6 nitrogen and oxygen atoms in total. The van der Waals surface area contributed by atoms with Gasteiger partial charge in [0.1, 0.15) is 5.52 Å². The molecule has 0 spiro atoms. The Kier molecular flexibility index (Phi) is 5.65. The van der Waals surface area contributed by atoms with E-state index < -0.39 is 0 Å². The Labute approximate surface area is 184 Å². The standard InChI is InChI=1S/C21H23FN6S.ClH/c1-12-8-17(26-28-11-13(2)24-20(12)28)14-9-16(22)19-18(10-14)29-21(25-19)27(3)15-4-6-23-7-5-15;/h8-11,15,23H,4-7H2,1-3H3;1H. The van der Waals surface area contributed by atoms with Crippen LogP contribution < -0.4 is 10.2 Å². The first-order valence-electron chi connectivity index (χ1n) is 9.87. The highest BCUT2D eigenvalue weighted by Crippen LogP contribution is 2.35. The average Bonchev–Trinajstić information content (AvgIpc) is 3.31. The van der Waals surface area contributed by atoms with Crippen molar-refractivity contribution in [3.05, 3.63) is 41.5 Å². The summed E-state index contributed by atoms with van der Waals surface area (Å²) in [5.41, 5.74) is 4.68. The summed E-state index contributed by atoms with van der Waals surface area (Å²) in [6.07, 6.45) is 4.04. The molecule has 1 fully saturated rings. The van der Waals surface area contributed by atoms with Crippen molar-refractivity contribution >= 4 is 44.7 Å². The molecule has 9 heteroatoms. The van der Waals surface area contributed by atoms with Gasteiger partial charge in [0.05, 0.1) is 22.3 Å². The number of halogens is 2. The van der Waals surface area contributed by atoms with Gasteiger partial charge >= 0.3 is 0 Å². The van der Waals surface area contributed by atoms with Gasteiger partial charge in [-0.25, -0.2) is 18.9 Å². The van der Waals surface area contributed by atoms with Gasteiger partial charge in [-0.05, 0) is 63.5 Å². The number of fused-ring (bicyclic) bond motifs is 2. The summed E-state index contributed by atoms with van der Waals surface area (Å²) < 4.78 is 17.6. The van der Waals surface area contributed by atoms with E-state index in [9.17, 15) is 4.39 Å². The number of nitrogens with zero attached hydrogens (tertiary/aromatic N) is 5. The first kappa shape index (κ1) is 21.0. The number of aromatic nitrogens is 4. The van der Waals surface area contributed by atoms with Gasteiger partial charge in [-0.2, -0.15) is 5.10 Å². The minimum absolute atomic E-state index is 0. The highest BCUT2D eigenvalue weighted by Gasteiger charge is 2.22. The fourth-order valence-electron chi connectivity index (χ4n) is 4.01. The van der Waals surface area contributed by atoms with E-state index in [4.69, 9.17) is 0 Å². The molecule has 5 rings (SSSR count). The molecule has 0 radical (unpaired) electrons. The molecule has 0 saturated carbocycles. The van der Waals surface area contributed by atoms with Gasteiger partial charge < -0.3 is 10.2 Å². The Hall–Kier alpha value is -2.29. The molecule has 1 aliphatic heterocycles. The number of imidazole rings is 1. The molecule has 0 bridgehead atoms. The smallest absolute Gasteiger partial charge is 0.186 e. The predicted octanol–water partition coefficient (Wildman–Crippen LogP) is 4.37. The lowest BCUT2D eigenvalue weighted by atomic mass is 10.1. The number of piperidine rings is 1. The fourth-order valence-corrected chi connectivity index (χ4v) is 5.06. The zero-order valence-corrected chi connectivity index (χ0v) is 18.8. The molecule has 1 aliphatic rings. The van der Waals surface area contributed by atoms with Crippen LogP contribution in [0.1, 0.15) is 24.1 Å². The minimum atomic E-state index is -0.305. The predicted molar refractivity (Wildman–Crippen MR) is 123 cm³/mol. The number of hydrogen-bond donors (Lipinski definition) is 1. The third-order valence-corrected chi connectivity index (χ3v) is 6.71. The molecule has 3 aromatic heterocycles. The summed E-state index contributed by atoms with van der Waals surface area (Å²) in [6, 6.07) is 5.93. The van der Waals surface area contributed by atoms with E-state index >= 15 is 0 Å². The van der Waals surface area contributed by atoms with Gasteiger partial charge in [-0.1, -0.05) is 11.3 Å². The average molecular weight is 447 g/mol. The maximum absolute atomic E-state index is 14.9. The van der Waals surface area contributed by atoms with Crippen molar-refractivity contribution in [3.63, 3.8) is 0 Å². The van der Waals surface area contributed by atoms with E-state index in [-0.39, 0.29) is 18.2 Å². The molecule has 0 atom stereocenters. The molecular formula is C21H24ClFN6S. The zero-order valence-electron chi connectivity index (χ0n) is 17.1. The highest BCUT2D eigenvalue weighted by molar-refractivity contribution is 7.22. The molecule has 30 heavy (non-hydrogen) atoms. The van der Waals surface area contributed by atoms with Crippen molar-refractivity contribution in [1.82, 2.24) is 24.9 Å². The Balaban J connectivity index is 0.00000218. The Morgan fingerprint density at radius 1 is 1.17 bits per heavy atom. The Morgan fingerprint density at radius 2 is 1.93 bits per heavy atom. The molecule has 158 valence electrons. The summed E-state index contributed by atoms with van der Waals surface area (Å²) in [6.45, 7) is 5.97. The number of aryl methyl sites for hydroxylation is 2.